The van der Waals surface area contributed by atoms with Crippen LogP contribution in [0.3, 0.4) is 0 Å². The smallest absolute Gasteiger partial charge is 0.313 e. The number of halogens is 1. The van der Waals surface area contributed by atoms with Gasteiger partial charge >= 0.3 is 5.97 Å². The van der Waals surface area contributed by atoms with Gasteiger partial charge in [0.1, 0.15) is 12.2 Å². The Morgan fingerprint density at radius 3 is 2.56 bits per heavy atom. The normalized spacial score (nSPS) is 11.7. The summed E-state index contributed by atoms with van der Waals surface area (Å²) in [5.74, 6) is -0.00843. The number of benzene rings is 2. The second-order valence-electron chi connectivity index (χ2n) is 7.02. The molecule has 168 valence electrons. The summed E-state index contributed by atoms with van der Waals surface area (Å²) in [6, 6.07) is 17.2. The topological polar surface area (TPSA) is 86.1 Å². The summed E-state index contributed by atoms with van der Waals surface area (Å²) in [7, 11) is 0. The van der Waals surface area contributed by atoms with Crippen molar-refractivity contribution < 1.29 is 14.3 Å². The quantitative estimate of drug-likeness (QED) is 0.356. The Bertz CT molecular complexity index is 1060. The van der Waals surface area contributed by atoms with Crippen molar-refractivity contribution in [3.8, 4) is 0 Å². The third kappa shape index (κ3) is 6.58. The third-order valence-electron chi connectivity index (χ3n) is 4.65. The van der Waals surface area contributed by atoms with E-state index in [1.165, 1.54) is 11.8 Å². The Hall–Kier alpha value is -2.84. The van der Waals surface area contributed by atoms with Gasteiger partial charge in [-0.1, -0.05) is 71.9 Å². The summed E-state index contributed by atoms with van der Waals surface area (Å²) < 4.78 is 6.92. The molecule has 1 N–H and O–H groups in total. The molecule has 0 saturated carbocycles. The van der Waals surface area contributed by atoms with Crippen molar-refractivity contribution in [3.05, 3.63) is 76.6 Å². The van der Waals surface area contributed by atoms with Crippen LogP contribution in [0.15, 0.2) is 59.8 Å². The zero-order valence-electron chi connectivity index (χ0n) is 18.0. The molecule has 7 nitrogen and oxygen atoms in total. The van der Waals surface area contributed by atoms with Crippen molar-refractivity contribution >= 4 is 35.2 Å². The van der Waals surface area contributed by atoms with Gasteiger partial charge in [0.2, 0.25) is 5.91 Å². The molecule has 9 heteroatoms. The van der Waals surface area contributed by atoms with Crippen LogP contribution in [-0.2, 0) is 33.8 Å². The van der Waals surface area contributed by atoms with Crippen LogP contribution < -0.4 is 5.32 Å². The molecule has 1 amide bonds. The van der Waals surface area contributed by atoms with E-state index in [9.17, 15) is 9.59 Å². The zero-order valence-corrected chi connectivity index (χ0v) is 19.5. The molecule has 0 saturated heterocycles. The van der Waals surface area contributed by atoms with Gasteiger partial charge in [0.05, 0.1) is 18.4 Å². The van der Waals surface area contributed by atoms with Crippen LogP contribution in [-0.4, -0.2) is 38.5 Å². The molecule has 3 rings (SSSR count). The molecule has 1 heterocycles. The lowest BCUT2D eigenvalue weighted by Gasteiger charge is -2.14. The van der Waals surface area contributed by atoms with Gasteiger partial charge in [-0.3, -0.25) is 9.59 Å². The number of hydrogen-bond donors (Lipinski definition) is 1. The summed E-state index contributed by atoms with van der Waals surface area (Å²) in [5.41, 5.74) is 1.89. The molecule has 1 aromatic heterocycles. The minimum Gasteiger partial charge on any atom is -0.466 e. The van der Waals surface area contributed by atoms with Crippen LogP contribution in [0.25, 0.3) is 0 Å². The van der Waals surface area contributed by atoms with Crippen LogP contribution in [0.4, 0.5) is 0 Å². The van der Waals surface area contributed by atoms with E-state index in [4.69, 9.17) is 16.3 Å². The Balaban J connectivity index is 1.72. The molecular formula is C23H25ClN4O3S. The highest BCUT2D eigenvalue weighted by molar-refractivity contribution is 8.00. The highest BCUT2D eigenvalue weighted by Gasteiger charge is 2.22. The van der Waals surface area contributed by atoms with Gasteiger partial charge in [-0.15, -0.1) is 10.2 Å². The van der Waals surface area contributed by atoms with Gasteiger partial charge in [0, 0.05) is 11.6 Å². The molecule has 0 bridgehead atoms. The predicted molar refractivity (Wildman–Crippen MR) is 125 cm³/mol. The molecule has 32 heavy (non-hydrogen) atoms. The van der Waals surface area contributed by atoms with Crippen molar-refractivity contribution in [1.29, 1.82) is 0 Å². The standard InChI is InChI=1S/C23H25ClN4O3S/c1-3-31-21(29)13-20-26-27-23(28(20)15-17-9-5-4-6-10-17)32-16(2)22(30)25-14-18-11-7-8-12-19(18)24/h4-12,16H,3,13-15H2,1-2H3,(H,25,30)/t16-/m1/s1. The molecule has 0 spiro atoms. The largest absolute Gasteiger partial charge is 0.466 e. The number of thioether (sulfide) groups is 1. The fourth-order valence-electron chi connectivity index (χ4n) is 2.98. The van der Waals surface area contributed by atoms with E-state index in [1.807, 2.05) is 53.1 Å². The van der Waals surface area contributed by atoms with Crippen molar-refractivity contribution in [1.82, 2.24) is 20.1 Å². The monoisotopic (exact) mass is 472 g/mol. The van der Waals surface area contributed by atoms with Crippen molar-refractivity contribution in [2.24, 2.45) is 0 Å². The predicted octanol–water partition coefficient (Wildman–Crippen LogP) is 3.88. The molecule has 1 atom stereocenters. The molecule has 0 aliphatic rings. The van der Waals surface area contributed by atoms with E-state index in [0.717, 1.165) is 11.1 Å². The molecule has 0 aliphatic heterocycles. The number of carbonyl (C=O) groups excluding carboxylic acids is 2. The van der Waals surface area contributed by atoms with Gasteiger partial charge in [-0.2, -0.15) is 0 Å². The number of rotatable bonds is 10. The van der Waals surface area contributed by atoms with Crippen molar-refractivity contribution in [3.63, 3.8) is 0 Å². The third-order valence-corrected chi connectivity index (χ3v) is 6.10. The lowest BCUT2D eigenvalue weighted by molar-refractivity contribution is -0.142. The first-order valence-electron chi connectivity index (χ1n) is 10.3. The van der Waals surface area contributed by atoms with E-state index in [1.54, 1.807) is 19.9 Å². The van der Waals surface area contributed by atoms with Crippen molar-refractivity contribution in [2.45, 2.75) is 43.8 Å². The molecule has 0 aliphatic carbocycles. The van der Waals surface area contributed by atoms with Crippen LogP contribution >= 0.6 is 23.4 Å². The average molecular weight is 473 g/mol. The maximum absolute atomic E-state index is 12.7. The molecular weight excluding hydrogens is 448 g/mol. The molecule has 2 aromatic carbocycles. The van der Waals surface area contributed by atoms with Gasteiger partial charge < -0.3 is 14.6 Å². The van der Waals surface area contributed by atoms with E-state index in [2.05, 4.69) is 15.5 Å². The van der Waals surface area contributed by atoms with Gasteiger partial charge in [0.25, 0.3) is 0 Å². The van der Waals surface area contributed by atoms with E-state index in [-0.39, 0.29) is 18.3 Å². The zero-order chi connectivity index (χ0) is 22.9. The summed E-state index contributed by atoms with van der Waals surface area (Å²) in [6.07, 6.45) is 0.0152. The van der Waals surface area contributed by atoms with Gasteiger partial charge in [-0.25, -0.2) is 0 Å². The molecule has 0 fully saturated rings. The van der Waals surface area contributed by atoms with E-state index < -0.39 is 5.25 Å². The summed E-state index contributed by atoms with van der Waals surface area (Å²) in [5, 5.41) is 12.1. The Kier molecular flexibility index (Phi) is 8.70. The second-order valence-corrected chi connectivity index (χ2v) is 8.74. The number of nitrogens with zero attached hydrogens (tertiary/aromatic N) is 3. The maximum Gasteiger partial charge on any atom is 0.313 e. The Morgan fingerprint density at radius 1 is 1.12 bits per heavy atom. The number of hydrogen-bond acceptors (Lipinski definition) is 6. The average Bonchev–Trinajstić information content (AvgIpc) is 3.14. The second kappa shape index (κ2) is 11.7. The first kappa shape index (κ1) is 23.8. The number of ether oxygens (including phenoxy) is 1. The van der Waals surface area contributed by atoms with Crippen LogP contribution in [0.1, 0.15) is 30.8 Å². The Morgan fingerprint density at radius 2 is 1.84 bits per heavy atom. The summed E-state index contributed by atoms with van der Waals surface area (Å²) >= 11 is 7.46. The fraction of sp³-hybridized carbons (Fsp3) is 0.304. The SMILES string of the molecule is CCOC(=O)Cc1nnc(S[C@H](C)C(=O)NCc2ccccc2Cl)n1Cc1ccccc1. The maximum atomic E-state index is 12.7. The fourth-order valence-corrected chi connectivity index (χ4v) is 4.08. The summed E-state index contributed by atoms with van der Waals surface area (Å²) in [4.78, 5) is 24.7. The first-order valence-corrected chi connectivity index (χ1v) is 11.5. The number of aromatic nitrogens is 3. The molecule has 0 unspecified atom stereocenters. The van der Waals surface area contributed by atoms with Gasteiger partial charge in [0.15, 0.2) is 5.16 Å². The lowest BCUT2D eigenvalue weighted by atomic mass is 10.2. The number of esters is 1. The minimum absolute atomic E-state index is 0.0152. The summed E-state index contributed by atoms with van der Waals surface area (Å²) in [6.45, 7) is 4.69. The Labute approximate surface area is 196 Å². The van der Waals surface area contributed by atoms with Crippen LogP contribution in [0.5, 0.6) is 0 Å². The number of carbonyl (C=O) groups is 2. The van der Waals surface area contributed by atoms with Gasteiger partial charge in [-0.05, 0) is 31.0 Å². The van der Waals surface area contributed by atoms with E-state index in [0.29, 0.717) is 35.7 Å². The minimum atomic E-state index is -0.424. The van der Waals surface area contributed by atoms with Crippen LogP contribution in [0.2, 0.25) is 5.02 Å². The lowest BCUT2D eigenvalue weighted by Crippen LogP contribution is -2.30. The van der Waals surface area contributed by atoms with E-state index >= 15 is 0 Å². The number of nitrogens with one attached hydrogen (secondary N) is 1. The van der Waals surface area contributed by atoms with Crippen LogP contribution in [0, 0.1) is 0 Å². The molecule has 3 aromatic rings. The highest BCUT2D eigenvalue weighted by Crippen LogP contribution is 2.24. The van der Waals surface area contributed by atoms with Crippen molar-refractivity contribution in [2.75, 3.05) is 6.61 Å². The molecule has 0 radical (unpaired) electrons. The number of amides is 1. The highest BCUT2D eigenvalue weighted by atomic mass is 35.5. The first-order chi connectivity index (χ1) is 15.5.